The predicted molar refractivity (Wildman–Crippen MR) is 81.0 cm³/mol. The van der Waals surface area contributed by atoms with Crippen LogP contribution in [0.15, 0.2) is 18.2 Å². The van der Waals surface area contributed by atoms with E-state index in [1.165, 1.54) is 44.1 Å². The minimum Gasteiger partial charge on any atom is -0.486 e. The molecule has 21 heavy (non-hydrogen) atoms. The van der Waals surface area contributed by atoms with E-state index in [4.69, 9.17) is 9.47 Å². The third-order valence-electron chi connectivity index (χ3n) is 5.84. The van der Waals surface area contributed by atoms with Crippen molar-refractivity contribution in [3.8, 4) is 11.5 Å². The molecule has 3 nitrogen and oxygen atoms in total. The zero-order valence-corrected chi connectivity index (χ0v) is 12.5. The highest BCUT2D eigenvalue weighted by Gasteiger charge is 2.61. The van der Waals surface area contributed by atoms with Crippen molar-refractivity contribution in [2.45, 2.75) is 50.0 Å². The number of fused-ring (bicyclic) bond motifs is 1. The molecule has 1 spiro atoms. The van der Waals surface area contributed by atoms with Gasteiger partial charge in [0.1, 0.15) is 13.2 Å². The van der Waals surface area contributed by atoms with Gasteiger partial charge in [-0.05, 0) is 61.6 Å². The Labute approximate surface area is 126 Å². The molecule has 0 saturated heterocycles. The summed E-state index contributed by atoms with van der Waals surface area (Å²) >= 11 is 0. The van der Waals surface area contributed by atoms with E-state index in [1.807, 2.05) is 0 Å². The normalized spacial score (nSPS) is 27.2. The van der Waals surface area contributed by atoms with E-state index in [2.05, 4.69) is 23.5 Å². The largest absolute Gasteiger partial charge is 0.486 e. The Bertz CT molecular complexity index is 567. The maximum atomic E-state index is 5.79. The summed E-state index contributed by atoms with van der Waals surface area (Å²) in [5.41, 5.74) is 2.50. The van der Waals surface area contributed by atoms with Crippen molar-refractivity contribution in [1.29, 1.82) is 0 Å². The molecule has 1 aromatic rings. The molecule has 0 amide bonds. The maximum absolute atomic E-state index is 5.79. The Balaban J connectivity index is 1.43. The molecule has 1 aliphatic heterocycles. The number of ether oxygens (including phenoxy) is 2. The molecule has 112 valence electrons. The van der Waals surface area contributed by atoms with Crippen molar-refractivity contribution in [2.75, 3.05) is 19.8 Å². The van der Waals surface area contributed by atoms with Crippen LogP contribution < -0.4 is 14.8 Å². The van der Waals surface area contributed by atoms with Gasteiger partial charge in [-0.25, -0.2) is 0 Å². The monoisotopic (exact) mass is 285 g/mol. The van der Waals surface area contributed by atoms with Crippen LogP contribution in [-0.2, 0) is 5.41 Å². The van der Waals surface area contributed by atoms with Crippen LogP contribution in [-0.4, -0.2) is 25.8 Å². The number of nitrogens with one attached hydrogen (secondary N) is 1. The number of benzene rings is 1. The molecule has 4 aliphatic rings. The van der Waals surface area contributed by atoms with Crippen molar-refractivity contribution in [3.05, 3.63) is 23.8 Å². The van der Waals surface area contributed by atoms with Crippen LogP contribution in [0.5, 0.6) is 11.5 Å². The molecule has 3 fully saturated rings. The van der Waals surface area contributed by atoms with Gasteiger partial charge < -0.3 is 14.8 Å². The highest BCUT2D eigenvalue weighted by molar-refractivity contribution is 5.47. The lowest BCUT2D eigenvalue weighted by molar-refractivity contribution is 0.114. The molecule has 0 radical (unpaired) electrons. The van der Waals surface area contributed by atoms with Gasteiger partial charge >= 0.3 is 0 Å². The summed E-state index contributed by atoms with van der Waals surface area (Å²) in [5.74, 6) is 1.86. The Morgan fingerprint density at radius 2 is 1.81 bits per heavy atom. The quantitative estimate of drug-likeness (QED) is 0.922. The van der Waals surface area contributed by atoms with Crippen LogP contribution in [0.4, 0.5) is 0 Å². The first-order chi connectivity index (χ1) is 10.3. The summed E-state index contributed by atoms with van der Waals surface area (Å²) in [6.07, 6.45) is 8.34. The van der Waals surface area contributed by atoms with Crippen LogP contribution in [0.2, 0.25) is 0 Å². The van der Waals surface area contributed by atoms with E-state index in [0.29, 0.717) is 24.0 Å². The van der Waals surface area contributed by atoms with Gasteiger partial charge in [0.05, 0.1) is 0 Å². The topological polar surface area (TPSA) is 30.5 Å². The molecular formula is C18H23NO2. The minimum absolute atomic E-state index is 0.342. The Hall–Kier alpha value is -1.22. The first-order valence-corrected chi connectivity index (χ1v) is 8.41. The summed E-state index contributed by atoms with van der Waals surface area (Å²) < 4.78 is 11.5. The lowest BCUT2D eigenvalue weighted by Crippen LogP contribution is -2.50. The van der Waals surface area contributed by atoms with Gasteiger partial charge in [0, 0.05) is 18.0 Å². The summed E-state index contributed by atoms with van der Waals surface area (Å²) in [7, 11) is 0. The third kappa shape index (κ3) is 2.05. The standard InChI is InChI=1S/C18H23NO2/c1-4-15-16(21-8-7-20-15)9-13(1)18(12-19-14-2-3-14)10-17(11-18)5-6-17/h1,4,9,14,19H,2-3,5-8,10-12H2. The van der Waals surface area contributed by atoms with Crippen LogP contribution in [0.1, 0.15) is 44.1 Å². The van der Waals surface area contributed by atoms with Crippen molar-refractivity contribution >= 4 is 0 Å². The second-order valence-corrected chi connectivity index (χ2v) is 7.65. The van der Waals surface area contributed by atoms with Crippen LogP contribution in [0.25, 0.3) is 0 Å². The molecule has 5 rings (SSSR count). The highest BCUT2D eigenvalue weighted by atomic mass is 16.6. The SMILES string of the molecule is c1cc2c(cc1C1(CNC3CC3)CC3(CC3)C1)OCCO2. The van der Waals surface area contributed by atoms with Gasteiger partial charge in [0.15, 0.2) is 11.5 Å². The maximum Gasteiger partial charge on any atom is 0.161 e. The van der Waals surface area contributed by atoms with E-state index in [9.17, 15) is 0 Å². The molecule has 1 aromatic carbocycles. The summed E-state index contributed by atoms with van der Waals surface area (Å²) in [5, 5.41) is 3.77. The number of hydrogen-bond acceptors (Lipinski definition) is 3. The molecule has 0 unspecified atom stereocenters. The lowest BCUT2D eigenvalue weighted by Gasteiger charge is -2.50. The molecule has 0 aromatic heterocycles. The summed E-state index contributed by atoms with van der Waals surface area (Å²) in [4.78, 5) is 0. The van der Waals surface area contributed by atoms with Crippen LogP contribution in [0, 0.1) is 5.41 Å². The Morgan fingerprint density at radius 3 is 2.52 bits per heavy atom. The first-order valence-electron chi connectivity index (χ1n) is 8.41. The summed E-state index contributed by atoms with van der Waals surface area (Å²) in [6.45, 7) is 2.48. The van der Waals surface area contributed by atoms with E-state index in [0.717, 1.165) is 24.1 Å². The fourth-order valence-corrected chi connectivity index (χ4v) is 4.35. The first kappa shape index (κ1) is 12.3. The van der Waals surface area contributed by atoms with Gasteiger partial charge in [-0.3, -0.25) is 0 Å². The van der Waals surface area contributed by atoms with E-state index in [-0.39, 0.29) is 0 Å². The van der Waals surface area contributed by atoms with Gasteiger partial charge in [-0.15, -0.1) is 0 Å². The molecule has 1 heterocycles. The zero-order chi connectivity index (χ0) is 13.9. The molecule has 0 atom stereocenters. The fourth-order valence-electron chi connectivity index (χ4n) is 4.35. The Morgan fingerprint density at radius 1 is 1.05 bits per heavy atom. The van der Waals surface area contributed by atoms with E-state index >= 15 is 0 Å². The Kier molecular flexibility index (Phi) is 2.44. The van der Waals surface area contributed by atoms with Crippen molar-refractivity contribution < 1.29 is 9.47 Å². The molecular weight excluding hydrogens is 262 g/mol. The lowest BCUT2D eigenvalue weighted by atomic mass is 9.56. The van der Waals surface area contributed by atoms with Crippen molar-refractivity contribution in [2.24, 2.45) is 5.41 Å². The summed E-state index contributed by atoms with van der Waals surface area (Å²) in [6, 6.07) is 7.42. The van der Waals surface area contributed by atoms with Crippen molar-refractivity contribution in [3.63, 3.8) is 0 Å². The van der Waals surface area contributed by atoms with E-state index < -0.39 is 0 Å². The fraction of sp³-hybridized carbons (Fsp3) is 0.667. The van der Waals surface area contributed by atoms with Gasteiger partial charge in [0.2, 0.25) is 0 Å². The van der Waals surface area contributed by atoms with Gasteiger partial charge in [0.25, 0.3) is 0 Å². The minimum atomic E-state index is 0.342. The molecule has 3 aliphatic carbocycles. The average molecular weight is 285 g/mol. The van der Waals surface area contributed by atoms with Gasteiger partial charge in [-0.1, -0.05) is 6.07 Å². The molecule has 0 bridgehead atoms. The van der Waals surface area contributed by atoms with Gasteiger partial charge in [-0.2, -0.15) is 0 Å². The van der Waals surface area contributed by atoms with E-state index in [1.54, 1.807) is 0 Å². The molecule has 3 saturated carbocycles. The zero-order valence-electron chi connectivity index (χ0n) is 12.5. The van der Waals surface area contributed by atoms with Crippen LogP contribution in [0.3, 0.4) is 0 Å². The second kappa shape index (κ2) is 4.16. The third-order valence-corrected chi connectivity index (χ3v) is 5.84. The van der Waals surface area contributed by atoms with Crippen molar-refractivity contribution in [1.82, 2.24) is 5.32 Å². The smallest absolute Gasteiger partial charge is 0.161 e. The predicted octanol–water partition coefficient (Wildman–Crippen LogP) is 3.02. The highest BCUT2D eigenvalue weighted by Crippen LogP contribution is 2.69. The average Bonchev–Trinajstić information content (AvgIpc) is 3.37. The van der Waals surface area contributed by atoms with Crippen LogP contribution >= 0.6 is 0 Å². The number of hydrogen-bond donors (Lipinski definition) is 1. The molecule has 1 N–H and O–H groups in total. The second-order valence-electron chi connectivity index (χ2n) is 7.65. The molecule has 3 heteroatoms. The number of rotatable bonds is 4.